The minimum atomic E-state index is -4.53. The fourth-order valence-electron chi connectivity index (χ4n) is 5.53. The van der Waals surface area contributed by atoms with E-state index in [-0.39, 0.29) is 29.9 Å². The van der Waals surface area contributed by atoms with Gasteiger partial charge >= 0.3 is 6.18 Å². The number of carbonyl (C=O) groups excluding carboxylic acids is 1. The van der Waals surface area contributed by atoms with E-state index >= 15 is 0 Å². The lowest BCUT2D eigenvalue weighted by Gasteiger charge is -2.38. The van der Waals surface area contributed by atoms with Crippen molar-refractivity contribution in [3.05, 3.63) is 59.2 Å². The summed E-state index contributed by atoms with van der Waals surface area (Å²) in [5.41, 5.74) is -0.730. The molecule has 1 aromatic carbocycles. The molecule has 1 aromatic heterocycles. The van der Waals surface area contributed by atoms with Crippen molar-refractivity contribution in [2.24, 2.45) is 16.8 Å². The molecule has 40 heavy (non-hydrogen) atoms. The zero-order valence-corrected chi connectivity index (χ0v) is 23.2. The van der Waals surface area contributed by atoms with Gasteiger partial charge in [0, 0.05) is 36.4 Å². The van der Waals surface area contributed by atoms with E-state index in [1.807, 2.05) is 4.90 Å². The van der Waals surface area contributed by atoms with E-state index in [2.05, 4.69) is 10.3 Å². The molecule has 5 nitrogen and oxygen atoms in total. The van der Waals surface area contributed by atoms with Gasteiger partial charge < -0.3 is 10.2 Å². The van der Waals surface area contributed by atoms with Crippen LogP contribution in [0.3, 0.4) is 0 Å². The summed E-state index contributed by atoms with van der Waals surface area (Å²) in [7, 11) is 0. The molecule has 2 heterocycles. The summed E-state index contributed by atoms with van der Waals surface area (Å²) in [6.07, 6.45) is 1.23. The van der Waals surface area contributed by atoms with E-state index in [1.165, 1.54) is 11.8 Å². The first kappa shape index (κ1) is 30.5. The third-order valence-corrected chi connectivity index (χ3v) is 8.37. The Bertz CT molecular complexity index is 1230. The number of amidine groups is 1. The second-order valence-corrected chi connectivity index (χ2v) is 11.2. The van der Waals surface area contributed by atoms with Crippen molar-refractivity contribution < 1.29 is 31.1 Å². The number of carbonyl (C=O) groups is 1. The molecule has 1 aliphatic carbocycles. The quantitative estimate of drug-likeness (QED) is 0.0901. The summed E-state index contributed by atoms with van der Waals surface area (Å²) < 4.78 is 81.6. The van der Waals surface area contributed by atoms with Crippen LogP contribution in [0.2, 0.25) is 0 Å². The zero-order valence-electron chi connectivity index (χ0n) is 21.7. The molecule has 2 unspecified atom stereocenters. The number of thioether (sulfide) groups is 1. The SMILES string of the molecule is CS/C(=N\[C@@H]1C2CC[C@H]1CN(c1ccnc(C(F)(F)F)c1)C2)NC(=O)C(CCCCCl)c1ccc(F)c(F)c1F. The number of fused-ring (bicyclic) bond motifs is 2. The molecule has 4 atom stereocenters. The summed E-state index contributed by atoms with van der Waals surface area (Å²) in [6.45, 7) is 1.01. The molecule has 13 heteroatoms. The summed E-state index contributed by atoms with van der Waals surface area (Å²) in [6, 6.07) is 4.34. The molecule has 1 amide bonds. The van der Waals surface area contributed by atoms with Crippen LogP contribution in [0.5, 0.6) is 0 Å². The number of benzene rings is 1. The number of nitrogens with one attached hydrogen (secondary N) is 1. The van der Waals surface area contributed by atoms with Crippen molar-refractivity contribution in [3.63, 3.8) is 0 Å². The highest BCUT2D eigenvalue weighted by molar-refractivity contribution is 8.13. The first-order valence-corrected chi connectivity index (χ1v) is 14.7. The van der Waals surface area contributed by atoms with Crippen molar-refractivity contribution >= 4 is 40.1 Å². The molecule has 2 bridgehead atoms. The standard InChI is InChI=1S/C27H29ClF6N4OS/c1-40-26(37-25(39)19(4-2-3-10-28)18-7-8-20(29)23(31)22(18)30)36-24-15-5-6-16(24)14-38(13-15)17-9-11-35-21(12-17)27(32,33)34/h7-9,11-12,15-16,19,24H,2-6,10,13-14H2,1H3,(H,36,37,39)/t15-,16?,19?,24-/m0/s1. The van der Waals surface area contributed by atoms with Crippen LogP contribution in [0.4, 0.5) is 32.0 Å². The first-order valence-electron chi connectivity index (χ1n) is 12.9. The Hall–Kier alpha value is -2.47. The molecule has 1 saturated heterocycles. The van der Waals surface area contributed by atoms with E-state index in [4.69, 9.17) is 16.6 Å². The van der Waals surface area contributed by atoms with Crippen molar-refractivity contribution in [1.82, 2.24) is 10.3 Å². The van der Waals surface area contributed by atoms with Crippen LogP contribution in [-0.2, 0) is 11.0 Å². The Labute approximate surface area is 237 Å². The second kappa shape index (κ2) is 13.0. The number of aliphatic imine (C=N–C) groups is 1. The Morgan fingerprint density at radius 2 is 1.85 bits per heavy atom. The van der Waals surface area contributed by atoms with Gasteiger partial charge in [-0.05, 0) is 62.0 Å². The number of amides is 1. The largest absolute Gasteiger partial charge is 0.433 e. The van der Waals surface area contributed by atoms with Crippen molar-refractivity contribution in [2.45, 2.75) is 50.2 Å². The number of alkyl halides is 4. The predicted molar refractivity (Wildman–Crippen MR) is 144 cm³/mol. The number of anilines is 1. The average molecular weight is 607 g/mol. The summed E-state index contributed by atoms with van der Waals surface area (Å²) >= 11 is 6.95. The van der Waals surface area contributed by atoms with E-state index in [0.717, 1.165) is 37.2 Å². The number of halogens is 7. The molecule has 0 radical (unpaired) electrons. The Kier molecular flexibility index (Phi) is 9.92. The molecule has 4 rings (SSSR count). The lowest BCUT2D eigenvalue weighted by atomic mass is 9.92. The van der Waals surface area contributed by atoms with Crippen LogP contribution in [0, 0.1) is 29.3 Å². The number of aromatic nitrogens is 1. The van der Waals surface area contributed by atoms with Gasteiger partial charge in [0.15, 0.2) is 22.6 Å². The summed E-state index contributed by atoms with van der Waals surface area (Å²) in [5.74, 6) is -5.58. The maximum atomic E-state index is 14.6. The van der Waals surface area contributed by atoms with Crippen molar-refractivity contribution in [3.8, 4) is 0 Å². The number of pyridine rings is 1. The van der Waals surface area contributed by atoms with Gasteiger partial charge in [-0.2, -0.15) is 13.2 Å². The third-order valence-electron chi connectivity index (χ3n) is 7.51. The molecule has 1 aliphatic heterocycles. The Morgan fingerprint density at radius 1 is 1.15 bits per heavy atom. The normalized spacial score (nSPS) is 21.9. The smallest absolute Gasteiger partial charge is 0.371 e. The van der Waals surface area contributed by atoms with Gasteiger partial charge in [0.25, 0.3) is 0 Å². The van der Waals surface area contributed by atoms with Gasteiger partial charge in [0.1, 0.15) is 5.69 Å². The lowest BCUT2D eigenvalue weighted by molar-refractivity contribution is -0.141. The highest BCUT2D eigenvalue weighted by Crippen LogP contribution is 2.41. The fourth-order valence-corrected chi connectivity index (χ4v) is 6.15. The molecule has 1 saturated carbocycles. The lowest BCUT2D eigenvalue weighted by Crippen LogP contribution is -2.45. The summed E-state index contributed by atoms with van der Waals surface area (Å²) in [5, 5.41) is 3.06. The number of piperidine rings is 1. The second-order valence-electron chi connectivity index (χ2n) is 10.0. The van der Waals surface area contributed by atoms with Gasteiger partial charge in [-0.3, -0.25) is 14.8 Å². The Balaban J connectivity index is 1.50. The highest BCUT2D eigenvalue weighted by Gasteiger charge is 2.43. The van der Waals surface area contributed by atoms with Gasteiger partial charge in [-0.25, -0.2) is 13.2 Å². The van der Waals surface area contributed by atoms with Gasteiger partial charge in [-0.15, -0.1) is 11.6 Å². The Morgan fingerprint density at radius 3 is 2.48 bits per heavy atom. The minimum absolute atomic E-state index is 0.0588. The molecule has 0 spiro atoms. The zero-order chi connectivity index (χ0) is 29.0. The summed E-state index contributed by atoms with van der Waals surface area (Å²) in [4.78, 5) is 23.5. The van der Waals surface area contributed by atoms with Gasteiger partial charge in [-0.1, -0.05) is 24.2 Å². The van der Waals surface area contributed by atoms with Gasteiger partial charge in [0.2, 0.25) is 5.91 Å². The van der Waals surface area contributed by atoms with E-state index < -0.39 is 41.1 Å². The number of nitrogens with zero attached hydrogens (tertiary/aromatic N) is 3. The van der Waals surface area contributed by atoms with Gasteiger partial charge in [0.05, 0.1) is 12.0 Å². The van der Waals surface area contributed by atoms with Crippen LogP contribution < -0.4 is 10.2 Å². The van der Waals surface area contributed by atoms with Crippen LogP contribution in [-0.4, -0.2) is 47.3 Å². The fraction of sp³-hybridized carbons (Fsp3) is 0.519. The predicted octanol–water partition coefficient (Wildman–Crippen LogP) is 6.76. The van der Waals surface area contributed by atoms with Crippen molar-refractivity contribution in [1.29, 1.82) is 0 Å². The van der Waals surface area contributed by atoms with Crippen LogP contribution >= 0.6 is 23.4 Å². The maximum absolute atomic E-state index is 14.6. The van der Waals surface area contributed by atoms with Crippen LogP contribution in [0.1, 0.15) is 49.3 Å². The molecule has 218 valence electrons. The number of hydrogen-bond acceptors (Lipinski definition) is 5. The number of unbranched alkanes of at least 4 members (excludes halogenated alkanes) is 1. The number of rotatable bonds is 8. The monoisotopic (exact) mass is 606 g/mol. The maximum Gasteiger partial charge on any atom is 0.433 e. The van der Waals surface area contributed by atoms with Crippen molar-refractivity contribution in [2.75, 3.05) is 30.1 Å². The first-order chi connectivity index (χ1) is 19.0. The van der Waals surface area contributed by atoms with Crippen LogP contribution in [0.15, 0.2) is 35.5 Å². The van der Waals surface area contributed by atoms with Crippen LogP contribution in [0.25, 0.3) is 0 Å². The molecular weight excluding hydrogens is 578 g/mol. The molecular formula is C27H29ClF6N4OS. The van der Waals surface area contributed by atoms with E-state index in [0.29, 0.717) is 42.7 Å². The number of hydrogen-bond donors (Lipinski definition) is 1. The highest BCUT2D eigenvalue weighted by atomic mass is 35.5. The topological polar surface area (TPSA) is 57.6 Å². The molecule has 2 aromatic rings. The minimum Gasteiger partial charge on any atom is -0.371 e. The molecule has 2 fully saturated rings. The third kappa shape index (κ3) is 6.87. The molecule has 2 aliphatic rings. The average Bonchev–Trinajstić information content (AvgIpc) is 3.14. The van der Waals surface area contributed by atoms with E-state index in [9.17, 15) is 31.1 Å². The van der Waals surface area contributed by atoms with E-state index in [1.54, 1.807) is 12.3 Å². The molecule has 1 N–H and O–H groups in total.